The second-order valence-corrected chi connectivity index (χ2v) is 7.99. The van der Waals surface area contributed by atoms with E-state index in [4.69, 9.17) is 0 Å². The van der Waals surface area contributed by atoms with Crippen LogP contribution < -0.4 is 11.0 Å². The van der Waals surface area contributed by atoms with Gasteiger partial charge in [-0.25, -0.2) is 4.98 Å². The lowest BCUT2D eigenvalue weighted by molar-refractivity contribution is 0.100. The van der Waals surface area contributed by atoms with Crippen LogP contribution in [-0.4, -0.2) is 19.9 Å². The number of aromatic nitrogens is 3. The first-order valence-electron chi connectivity index (χ1n) is 9.77. The normalized spacial score (nSPS) is 11.7. The molecule has 4 aromatic heterocycles. The van der Waals surface area contributed by atoms with Crippen LogP contribution in [0, 0.1) is 11.3 Å². The number of hydrogen-bond acceptors (Lipinski definition) is 5. The predicted octanol–water partition coefficient (Wildman–Crippen LogP) is 3.37. The smallest absolute Gasteiger partial charge is 0.289 e. The van der Waals surface area contributed by atoms with Gasteiger partial charge in [-0.1, -0.05) is 42.5 Å². The van der Waals surface area contributed by atoms with Crippen LogP contribution in [0.4, 0.5) is 0 Å². The van der Waals surface area contributed by atoms with Crippen LogP contribution >= 0.6 is 11.3 Å². The summed E-state index contributed by atoms with van der Waals surface area (Å²) in [6, 6.07) is 21.9. The number of carbonyl (C=O) groups excluding carboxylic acids is 1. The third-order valence-electron chi connectivity index (χ3n) is 5.03. The Labute approximate surface area is 185 Å². The Hall–Kier alpha value is -4.35. The molecule has 7 nitrogen and oxygen atoms in total. The first-order chi connectivity index (χ1) is 15.7. The molecule has 0 atom stereocenters. The van der Waals surface area contributed by atoms with Gasteiger partial charge in [0.2, 0.25) is 0 Å². The molecule has 0 aliphatic heterocycles. The van der Waals surface area contributed by atoms with Crippen molar-refractivity contribution in [2.24, 2.45) is 4.99 Å². The minimum atomic E-state index is -0.449. The van der Waals surface area contributed by atoms with Crippen molar-refractivity contribution in [3.63, 3.8) is 0 Å². The molecule has 0 fully saturated rings. The van der Waals surface area contributed by atoms with Gasteiger partial charge < -0.3 is 4.57 Å². The summed E-state index contributed by atoms with van der Waals surface area (Å²) in [5.74, 6) is -0.449. The number of benzene rings is 1. The topological polar surface area (TPSA) is 92.5 Å². The maximum absolute atomic E-state index is 13.2. The number of hydrogen-bond donors (Lipinski definition) is 0. The second kappa shape index (κ2) is 8.06. The average molecular weight is 437 g/mol. The highest BCUT2D eigenvalue weighted by Crippen LogP contribution is 2.14. The fraction of sp³-hybridized carbons (Fsp3) is 0.0417. The van der Waals surface area contributed by atoms with Crippen LogP contribution in [0.15, 0.2) is 88.1 Å². The number of fused-ring (bicyclic) bond motifs is 2. The van der Waals surface area contributed by atoms with Gasteiger partial charge in [-0.05, 0) is 35.2 Å². The minimum Gasteiger partial charge on any atom is -0.305 e. The van der Waals surface area contributed by atoms with E-state index >= 15 is 0 Å². The molecule has 1 amide bonds. The number of thiophene rings is 1. The fourth-order valence-electron chi connectivity index (χ4n) is 3.55. The highest BCUT2D eigenvalue weighted by Gasteiger charge is 2.16. The van der Waals surface area contributed by atoms with Gasteiger partial charge in [0.1, 0.15) is 17.4 Å². The summed E-state index contributed by atoms with van der Waals surface area (Å²) < 4.78 is 3.10. The quantitative estimate of drug-likeness (QED) is 0.405. The van der Waals surface area contributed by atoms with Crippen molar-refractivity contribution in [3.8, 4) is 6.07 Å². The van der Waals surface area contributed by atoms with E-state index in [9.17, 15) is 14.9 Å². The maximum atomic E-state index is 13.2. The number of pyridine rings is 2. The van der Waals surface area contributed by atoms with Crippen molar-refractivity contribution >= 4 is 33.9 Å². The van der Waals surface area contributed by atoms with Crippen molar-refractivity contribution in [3.05, 3.63) is 110 Å². The van der Waals surface area contributed by atoms with Crippen molar-refractivity contribution in [1.82, 2.24) is 14.0 Å². The molecule has 1 aromatic carbocycles. The third kappa shape index (κ3) is 3.41. The third-order valence-corrected chi connectivity index (χ3v) is 5.89. The number of carbonyl (C=O) groups is 1. The van der Waals surface area contributed by atoms with E-state index in [0.29, 0.717) is 22.7 Å². The molecule has 0 N–H and O–H groups in total. The summed E-state index contributed by atoms with van der Waals surface area (Å²) in [7, 11) is 0. The monoisotopic (exact) mass is 437 g/mol. The first kappa shape index (κ1) is 19.6. The summed E-state index contributed by atoms with van der Waals surface area (Å²) in [5, 5.41) is 11.9. The zero-order valence-electron chi connectivity index (χ0n) is 16.7. The van der Waals surface area contributed by atoms with Crippen LogP contribution in [0.1, 0.15) is 20.8 Å². The van der Waals surface area contributed by atoms with Crippen molar-refractivity contribution in [1.29, 1.82) is 5.26 Å². The standard InChI is InChI=1S/C24H15N5O2S/c25-14-17-13-18-22(26-20-10-4-5-11-28(20)24(18)31)29(15-16-7-2-1-3-8-16)21(17)27-23(30)19-9-6-12-32-19/h1-13H,15H2. The van der Waals surface area contributed by atoms with Crippen molar-refractivity contribution in [2.45, 2.75) is 6.54 Å². The molecule has 0 aliphatic rings. The van der Waals surface area contributed by atoms with E-state index in [2.05, 4.69) is 16.0 Å². The lowest BCUT2D eigenvalue weighted by Crippen LogP contribution is -2.29. The Morgan fingerprint density at radius 3 is 2.66 bits per heavy atom. The lowest BCUT2D eigenvalue weighted by Gasteiger charge is -2.13. The van der Waals surface area contributed by atoms with Gasteiger partial charge in [-0.3, -0.25) is 14.0 Å². The van der Waals surface area contributed by atoms with Crippen LogP contribution in [0.2, 0.25) is 0 Å². The Morgan fingerprint density at radius 2 is 1.91 bits per heavy atom. The van der Waals surface area contributed by atoms with E-state index in [1.54, 1.807) is 46.5 Å². The van der Waals surface area contributed by atoms with Gasteiger partial charge >= 0.3 is 0 Å². The lowest BCUT2D eigenvalue weighted by atomic mass is 10.2. The molecule has 0 bridgehead atoms. The molecule has 5 aromatic rings. The molecule has 0 spiro atoms. The SMILES string of the molecule is N#Cc1cc2c(=O)n3ccccc3nc2n(Cc2ccccc2)c1=NC(=O)c1cccs1. The number of amides is 1. The van der Waals surface area contributed by atoms with Crippen molar-refractivity contribution in [2.75, 3.05) is 0 Å². The van der Waals surface area contributed by atoms with E-state index in [1.807, 2.05) is 30.3 Å². The molecule has 0 aliphatic carbocycles. The summed E-state index contributed by atoms with van der Waals surface area (Å²) in [4.78, 5) is 35.4. The van der Waals surface area contributed by atoms with E-state index in [0.717, 1.165) is 5.56 Å². The molecule has 0 saturated heterocycles. The van der Waals surface area contributed by atoms with Crippen LogP contribution in [-0.2, 0) is 6.54 Å². The van der Waals surface area contributed by atoms with Gasteiger partial charge in [-0.15, -0.1) is 11.3 Å². The van der Waals surface area contributed by atoms with E-state index < -0.39 is 5.91 Å². The Balaban J connectivity index is 1.90. The van der Waals surface area contributed by atoms with Gasteiger partial charge in [0, 0.05) is 6.20 Å². The molecule has 32 heavy (non-hydrogen) atoms. The minimum absolute atomic E-state index is 0.133. The Kier molecular flexibility index (Phi) is 4.94. The average Bonchev–Trinajstić information content (AvgIpc) is 3.37. The van der Waals surface area contributed by atoms with E-state index in [-0.39, 0.29) is 22.0 Å². The largest absolute Gasteiger partial charge is 0.305 e. The Bertz CT molecular complexity index is 1640. The van der Waals surface area contributed by atoms with E-state index in [1.165, 1.54) is 21.8 Å². The summed E-state index contributed by atoms with van der Waals surface area (Å²) >= 11 is 1.28. The molecule has 0 unspecified atom stereocenters. The molecule has 5 rings (SSSR count). The molecule has 4 heterocycles. The van der Waals surface area contributed by atoms with Crippen LogP contribution in [0.5, 0.6) is 0 Å². The van der Waals surface area contributed by atoms with Crippen LogP contribution in [0.3, 0.4) is 0 Å². The molecule has 0 radical (unpaired) electrons. The molecular formula is C24H15N5O2S. The summed E-state index contributed by atoms with van der Waals surface area (Å²) in [5.41, 5.74) is 1.76. The summed E-state index contributed by atoms with van der Waals surface area (Å²) in [6.07, 6.45) is 1.64. The van der Waals surface area contributed by atoms with Gasteiger partial charge in [0.05, 0.1) is 22.4 Å². The zero-order chi connectivity index (χ0) is 22.1. The predicted molar refractivity (Wildman–Crippen MR) is 121 cm³/mol. The number of nitriles is 1. The zero-order valence-corrected chi connectivity index (χ0v) is 17.5. The number of nitrogens with zero attached hydrogens (tertiary/aromatic N) is 5. The Morgan fingerprint density at radius 1 is 1.09 bits per heavy atom. The van der Waals surface area contributed by atoms with Gasteiger partial charge in [-0.2, -0.15) is 10.3 Å². The van der Waals surface area contributed by atoms with Crippen molar-refractivity contribution < 1.29 is 4.79 Å². The highest BCUT2D eigenvalue weighted by molar-refractivity contribution is 7.12. The van der Waals surface area contributed by atoms with Gasteiger partial charge in [0.15, 0.2) is 5.49 Å². The molecule has 8 heteroatoms. The first-order valence-corrected chi connectivity index (χ1v) is 10.7. The highest BCUT2D eigenvalue weighted by atomic mass is 32.1. The van der Waals surface area contributed by atoms with Gasteiger partial charge in [0.25, 0.3) is 11.5 Å². The molecule has 0 saturated carbocycles. The summed E-state index contributed by atoms with van der Waals surface area (Å²) in [6.45, 7) is 0.291. The maximum Gasteiger partial charge on any atom is 0.289 e. The van der Waals surface area contributed by atoms with Crippen LogP contribution in [0.25, 0.3) is 16.7 Å². The molecular weight excluding hydrogens is 422 g/mol. The second-order valence-electron chi connectivity index (χ2n) is 7.04. The molecule has 154 valence electrons. The fourth-order valence-corrected chi connectivity index (χ4v) is 4.16. The number of rotatable bonds is 3.